The van der Waals surface area contributed by atoms with Gasteiger partial charge in [-0.25, -0.2) is 0 Å². The van der Waals surface area contributed by atoms with Crippen molar-refractivity contribution in [2.75, 3.05) is 11.9 Å². The second-order valence-electron chi connectivity index (χ2n) is 3.30. The average molecular weight is 239 g/mol. The highest BCUT2D eigenvalue weighted by molar-refractivity contribution is 8.00. The molecule has 16 heavy (non-hydrogen) atoms. The summed E-state index contributed by atoms with van der Waals surface area (Å²) in [6.45, 7) is 12.4. The number of nitrogens with zero attached hydrogens (tertiary/aromatic N) is 1. The van der Waals surface area contributed by atoms with E-state index in [9.17, 15) is 0 Å². The predicted molar refractivity (Wildman–Crippen MR) is 77.6 cm³/mol. The summed E-state index contributed by atoms with van der Waals surface area (Å²) in [5, 5.41) is 0.585. The average Bonchev–Trinajstić information content (AvgIpc) is 2.61. The molecule has 2 heteroatoms. The Morgan fingerprint density at radius 3 is 2.25 bits per heavy atom. The maximum atomic E-state index is 2.33. The van der Waals surface area contributed by atoms with E-state index in [1.54, 1.807) is 0 Å². The topological polar surface area (TPSA) is 3.24 Å². The van der Waals surface area contributed by atoms with Crippen LogP contribution in [0.15, 0.2) is 23.1 Å². The van der Waals surface area contributed by atoms with Crippen LogP contribution in [0.1, 0.15) is 40.2 Å². The fraction of sp³-hybridized carbons (Fsp3) is 0.571. The largest absolute Gasteiger partial charge is 0.362 e. The van der Waals surface area contributed by atoms with Gasteiger partial charge in [0.2, 0.25) is 0 Å². The molecular weight excluding hydrogens is 214 g/mol. The van der Waals surface area contributed by atoms with E-state index in [1.165, 1.54) is 16.1 Å². The van der Waals surface area contributed by atoms with Crippen molar-refractivity contribution in [1.82, 2.24) is 0 Å². The lowest BCUT2D eigenvalue weighted by atomic mass is 10.2. The van der Waals surface area contributed by atoms with E-state index in [0.717, 1.165) is 0 Å². The molecule has 0 spiro atoms. The summed E-state index contributed by atoms with van der Waals surface area (Å²) < 4.78 is 0. The highest BCUT2D eigenvalue weighted by Crippen LogP contribution is 2.42. The fourth-order valence-corrected chi connectivity index (χ4v) is 2.57. The first-order valence-corrected chi connectivity index (χ1v) is 7.06. The maximum Gasteiger partial charge on any atom is 0.0766 e. The van der Waals surface area contributed by atoms with Crippen LogP contribution in [0, 0.1) is 6.92 Å². The molecule has 1 unspecified atom stereocenters. The van der Waals surface area contributed by atoms with Gasteiger partial charge >= 0.3 is 0 Å². The first-order valence-electron chi connectivity index (χ1n) is 6.18. The van der Waals surface area contributed by atoms with E-state index in [2.05, 4.69) is 44.0 Å². The summed E-state index contributed by atoms with van der Waals surface area (Å²) in [6.07, 6.45) is 0. The minimum Gasteiger partial charge on any atom is -0.362 e. The van der Waals surface area contributed by atoms with Crippen LogP contribution >= 0.6 is 11.8 Å². The molecule has 0 N–H and O–H groups in total. The molecule has 0 amide bonds. The molecule has 0 aliphatic carbocycles. The molecule has 0 fully saturated rings. The molecule has 1 heterocycles. The zero-order valence-electron chi connectivity index (χ0n) is 11.7. The molecule has 1 nitrogen and oxygen atoms in total. The molecule has 0 saturated carbocycles. The van der Waals surface area contributed by atoms with E-state index < -0.39 is 0 Å². The Hall–Kier alpha value is -0.630. The summed E-state index contributed by atoms with van der Waals surface area (Å²) in [6, 6.07) is 6.65. The zero-order valence-corrected chi connectivity index (χ0v) is 12.5. The highest BCUT2D eigenvalue weighted by atomic mass is 32.2. The third-order valence-electron chi connectivity index (χ3n) is 2.34. The Bertz CT molecular complexity index is 310. The lowest BCUT2D eigenvalue weighted by Gasteiger charge is -2.17. The quantitative estimate of drug-likeness (QED) is 0.631. The number of aryl methyl sites for hydroxylation is 1. The van der Waals surface area contributed by atoms with Crippen molar-refractivity contribution in [2.24, 2.45) is 0 Å². The van der Waals surface area contributed by atoms with Gasteiger partial charge in [-0.3, -0.25) is 0 Å². The smallest absolute Gasteiger partial charge is 0.0766 e. The molecule has 2 rings (SSSR count). The summed E-state index contributed by atoms with van der Waals surface area (Å²) in [4.78, 5) is 3.74. The highest BCUT2D eigenvalue weighted by Gasteiger charge is 2.22. The number of anilines is 1. The SMILES string of the molecule is CC.CC.Cc1ccc2c(c1)N(C)C(C)S2. The molecular formula is C14H25NS. The molecule has 0 saturated heterocycles. The van der Waals surface area contributed by atoms with E-state index in [0.29, 0.717) is 5.37 Å². The first-order chi connectivity index (χ1) is 7.68. The Morgan fingerprint density at radius 2 is 1.69 bits per heavy atom. The summed E-state index contributed by atoms with van der Waals surface area (Å²) in [5.74, 6) is 0. The van der Waals surface area contributed by atoms with Crippen LogP contribution in [0.2, 0.25) is 0 Å². The van der Waals surface area contributed by atoms with Crippen molar-refractivity contribution in [3.63, 3.8) is 0 Å². The van der Waals surface area contributed by atoms with E-state index in [-0.39, 0.29) is 0 Å². The maximum absolute atomic E-state index is 2.33. The van der Waals surface area contributed by atoms with Gasteiger partial charge in [-0.15, -0.1) is 0 Å². The molecule has 0 bridgehead atoms. The van der Waals surface area contributed by atoms with Crippen molar-refractivity contribution in [3.8, 4) is 0 Å². The van der Waals surface area contributed by atoms with Gasteiger partial charge in [-0.1, -0.05) is 45.5 Å². The Balaban J connectivity index is 0.000000509. The predicted octanol–water partition coefficient (Wildman–Crippen LogP) is 4.94. The van der Waals surface area contributed by atoms with Crippen LogP contribution in [-0.2, 0) is 0 Å². The van der Waals surface area contributed by atoms with Crippen molar-refractivity contribution >= 4 is 17.4 Å². The number of hydrogen-bond donors (Lipinski definition) is 0. The number of rotatable bonds is 0. The molecule has 1 atom stereocenters. The molecule has 1 aliphatic heterocycles. The number of hydrogen-bond acceptors (Lipinski definition) is 2. The van der Waals surface area contributed by atoms with Crippen molar-refractivity contribution < 1.29 is 0 Å². The number of benzene rings is 1. The molecule has 92 valence electrons. The normalized spacial score (nSPS) is 16.7. The summed E-state index contributed by atoms with van der Waals surface area (Å²) >= 11 is 1.93. The monoisotopic (exact) mass is 239 g/mol. The van der Waals surface area contributed by atoms with E-state index in [4.69, 9.17) is 0 Å². The Labute approximate surface area is 105 Å². The third-order valence-corrected chi connectivity index (χ3v) is 3.59. The van der Waals surface area contributed by atoms with Crippen molar-refractivity contribution in [2.45, 2.75) is 51.8 Å². The Morgan fingerprint density at radius 1 is 1.12 bits per heavy atom. The van der Waals surface area contributed by atoms with E-state index in [1.807, 2.05) is 39.5 Å². The zero-order chi connectivity index (χ0) is 12.7. The van der Waals surface area contributed by atoms with Crippen LogP contribution in [0.3, 0.4) is 0 Å². The van der Waals surface area contributed by atoms with Crippen LogP contribution in [0.4, 0.5) is 5.69 Å². The van der Waals surface area contributed by atoms with Crippen LogP contribution < -0.4 is 4.90 Å². The number of fused-ring (bicyclic) bond motifs is 1. The molecule has 1 aromatic rings. The van der Waals surface area contributed by atoms with Crippen molar-refractivity contribution in [1.29, 1.82) is 0 Å². The summed E-state index contributed by atoms with van der Waals surface area (Å²) in [5.41, 5.74) is 2.72. The van der Waals surface area contributed by atoms with Gasteiger partial charge in [0, 0.05) is 11.9 Å². The standard InChI is InChI=1S/C10H13NS.2C2H6/c1-7-4-5-10-9(6-7)11(3)8(2)12-10;2*1-2/h4-6,8H,1-3H3;2*1-2H3. The Kier molecular flexibility index (Phi) is 7.31. The lowest BCUT2D eigenvalue weighted by molar-refractivity contribution is 0.923. The van der Waals surface area contributed by atoms with Gasteiger partial charge in [-0.05, 0) is 31.5 Å². The minimum absolute atomic E-state index is 0.585. The van der Waals surface area contributed by atoms with Gasteiger partial charge in [0.25, 0.3) is 0 Å². The minimum atomic E-state index is 0.585. The molecule has 0 radical (unpaired) electrons. The third kappa shape index (κ3) is 3.44. The summed E-state index contributed by atoms with van der Waals surface area (Å²) in [7, 11) is 2.16. The second-order valence-corrected chi connectivity index (χ2v) is 4.66. The van der Waals surface area contributed by atoms with Gasteiger partial charge in [0.05, 0.1) is 11.1 Å². The fourth-order valence-electron chi connectivity index (χ4n) is 1.46. The molecule has 1 aliphatic rings. The molecule has 1 aromatic carbocycles. The van der Waals surface area contributed by atoms with Gasteiger partial charge in [0.15, 0.2) is 0 Å². The van der Waals surface area contributed by atoms with Crippen LogP contribution in [-0.4, -0.2) is 12.4 Å². The lowest BCUT2D eigenvalue weighted by Crippen LogP contribution is -2.20. The van der Waals surface area contributed by atoms with Gasteiger partial charge < -0.3 is 4.90 Å². The van der Waals surface area contributed by atoms with Crippen LogP contribution in [0.5, 0.6) is 0 Å². The van der Waals surface area contributed by atoms with Gasteiger partial charge in [-0.2, -0.15) is 0 Å². The van der Waals surface area contributed by atoms with Gasteiger partial charge in [0.1, 0.15) is 0 Å². The van der Waals surface area contributed by atoms with E-state index >= 15 is 0 Å². The first kappa shape index (κ1) is 15.4. The number of thioether (sulfide) groups is 1. The molecule has 0 aromatic heterocycles. The van der Waals surface area contributed by atoms with Crippen molar-refractivity contribution in [3.05, 3.63) is 23.8 Å². The van der Waals surface area contributed by atoms with Crippen LogP contribution in [0.25, 0.3) is 0 Å². The second kappa shape index (κ2) is 7.61.